The van der Waals surface area contributed by atoms with E-state index in [2.05, 4.69) is 69.3 Å². The lowest BCUT2D eigenvalue weighted by Gasteiger charge is -2.42. The highest BCUT2D eigenvalue weighted by atomic mass is 15.4. The summed E-state index contributed by atoms with van der Waals surface area (Å²) in [7, 11) is 0. The fourth-order valence-corrected chi connectivity index (χ4v) is 3.94. The molecule has 0 bridgehead atoms. The molecule has 1 aliphatic carbocycles. The van der Waals surface area contributed by atoms with Crippen molar-refractivity contribution in [3.8, 4) is 11.1 Å². The number of hydrogen-bond donors (Lipinski definition) is 0. The maximum atomic E-state index is 2.33. The third-order valence-corrected chi connectivity index (χ3v) is 5.24. The van der Waals surface area contributed by atoms with Crippen LogP contribution in [0.15, 0.2) is 48.5 Å². The molecule has 2 aromatic carbocycles. The zero-order valence-corrected chi connectivity index (χ0v) is 12.8. The van der Waals surface area contributed by atoms with E-state index in [1.165, 1.54) is 41.9 Å². The Morgan fingerprint density at radius 1 is 0.700 bits per heavy atom. The molecule has 1 nitrogen and oxygen atoms in total. The molecule has 0 spiro atoms. The second-order valence-corrected chi connectivity index (χ2v) is 5.74. The van der Waals surface area contributed by atoms with Crippen LogP contribution in [0.4, 0.5) is 0 Å². The Labute approximate surface area is 122 Å². The summed E-state index contributed by atoms with van der Waals surface area (Å²) in [5.41, 5.74) is 5.90. The number of benzene rings is 2. The highest BCUT2D eigenvalue weighted by Crippen LogP contribution is 2.48. The predicted octanol–water partition coefficient (Wildman–Crippen LogP) is 4.63. The minimum atomic E-state index is 0.502. The minimum Gasteiger partial charge on any atom is -0.314 e. The van der Waals surface area contributed by atoms with E-state index in [0.717, 1.165) is 4.48 Å². The van der Waals surface area contributed by atoms with Crippen LogP contribution in [0.25, 0.3) is 11.1 Å². The van der Waals surface area contributed by atoms with Crippen molar-refractivity contribution in [3.05, 3.63) is 59.7 Å². The van der Waals surface area contributed by atoms with E-state index < -0.39 is 0 Å². The van der Waals surface area contributed by atoms with Gasteiger partial charge in [-0.3, -0.25) is 0 Å². The lowest BCUT2D eigenvalue weighted by Crippen LogP contribution is -2.50. The summed E-state index contributed by atoms with van der Waals surface area (Å²) in [6, 6.07) is 18.4. The summed E-state index contributed by atoms with van der Waals surface area (Å²) in [4.78, 5) is 0. The van der Waals surface area contributed by atoms with Gasteiger partial charge in [-0.25, -0.2) is 0 Å². The quantitative estimate of drug-likeness (QED) is 0.708. The van der Waals surface area contributed by atoms with Crippen LogP contribution in [0.2, 0.25) is 0 Å². The van der Waals surface area contributed by atoms with Crippen LogP contribution >= 0.6 is 0 Å². The van der Waals surface area contributed by atoms with E-state index in [9.17, 15) is 0 Å². The predicted molar refractivity (Wildman–Crippen MR) is 85.6 cm³/mol. The summed E-state index contributed by atoms with van der Waals surface area (Å²) in [5, 5.41) is 0. The first kappa shape index (κ1) is 13.4. The van der Waals surface area contributed by atoms with Crippen molar-refractivity contribution in [1.29, 1.82) is 0 Å². The van der Waals surface area contributed by atoms with Crippen LogP contribution in [0.1, 0.15) is 37.9 Å². The molecule has 0 saturated carbocycles. The minimum absolute atomic E-state index is 0.502. The Bertz CT molecular complexity index is 557. The van der Waals surface area contributed by atoms with Gasteiger partial charge in [0.05, 0.1) is 19.6 Å². The monoisotopic (exact) mass is 266 g/mol. The standard InChI is InChI=1S/C19H24N/c1-4-20(5-2,6-3)19-17-13-9-7-11-15(17)16-12-8-10-14-18(16)19/h7-14,19H,4-6H2,1-3H3/q+1. The molecular formula is C19H24N+. The highest BCUT2D eigenvalue weighted by Gasteiger charge is 2.41. The average molecular weight is 266 g/mol. The molecule has 2 aromatic rings. The molecular weight excluding hydrogens is 242 g/mol. The summed E-state index contributed by atoms with van der Waals surface area (Å²) in [5.74, 6) is 0. The first-order chi connectivity index (χ1) is 9.77. The fraction of sp³-hybridized carbons (Fsp3) is 0.368. The zero-order valence-electron chi connectivity index (χ0n) is 12.8. The maximum absolute atomic E-state index is 2.33. The van der Waals surface area contributed by atoms with Crippen LogP contribution in [0.5, 0.6) is 0 Å². The van der Waals surface area contributed by atoms with Gasteiger partial charge in [-0.2, -0.15) is 0 Å². The SMILES string of the molecule is CC[N+](CC)(CC)C1c2ccccc2-c2ccccc21. The van der Waals surface area contributed by atoms with Crippen LogP contribution < -0.4 is 0 Å². The van der Waals surface area contributed by atoms with E-state index in [4.69, 9.17) is 0 Å². The lowest BCUT2D eigenvalue weighted by molar-refractivity contribution is -0.946. The molecule has 0 fully saturated rings. The highest BCUT2D eigenvalue weighted by molar-refractivity contribution is 5.77. The Kier molecular flexibility index (Phi) is 3.39. The van der Waals surface area contributed by atoms with Crippen molar-refractivity contribution in [2.24, 2.45) is 0 Å². The first-order valence-electron chi connectivity index (χ1n) is 7.81. The van der Waals surface area contributed by atoms with Crippen molar-refractivity contribution >= 4 is 0 Å². The van der Waals surface area contributed by atoms with Gasteiger partial charge in [0, 0.05) is 11.1 Å². The second kappa shape index (κ2) is 5.06. The van der Waals surface area contributed by atoms with Crippen LogP contribution in [0.3, 0.4) is 0 Å². The molecule has 0 saturated heterocycles. The van der Waals surface area contributed by atoms with Gasteiger partial charge in [0.25, 0.3) is 0 Å². The van der Waals surface area contributed by atoms with E-state index in [-0.39, 0.29) is 0 Å². The van der Waals surface area contributed by atoms with Gasteiger partial charge >= 0.3 is 0 Å². The Morgan fingerprint density at radius 2 is 1.10 bits per heavy atom. The van der Waals surface area contributed by atoms with Crippen molar-refractivity contribution < 1.29 is 4.48 Å². The van der Waals surface area contributed by atoms with Gasteiger partial charge in [-0.05, 0) is 31.9 Å². The molecule has 0 aliphatic heterocycles. The molecule has 0 amide bonds. The summed E-state index contributed by atoms with van der Waals surface area (Å²) in [6.45, 7) is 10.5. The number of nitrogens with zero attached hydrogens (tertiary/aromatic N) is 1. The second-order valence-electron chi connectivity index (χ2n) is 5.74. The number of quaternary nitrogens is 1. The third kappa shape index (κ3) is 1.73. The van der Waals surface area contributed by atoms with Crippen LogP contribution in [-0.2, 0) is 0 Å². The van der Waals surface area contributed by atoms with Gasteiger partial charge in [0.2, 0.25) is 0 Å². The summed E-state index contributed by atoms with van der Waals surface area (Å²) >= 11 is 0. The molecule has 0 radical (unpaired) electrons. The summed E-state index contributed by atoms with van der Waals surface area (Å²) in [6.07, 6.45) is 0. The van der Waals surface area contributed by atoms with Crippen molar-refractivity contribution in [1.82, 2.24) is 0 Å². The molecule has 0 unspecified atom stereocenters. The Hall–Kier alpha value is -1.60. The Balaban J connectivity index is 2.26. The van der Waals surface area contributed by atoms with E-state index in [1.807, 2.05) is 0 Å². The zero-order chi connectivity index (χ0) is 14.2. The van der Waals surface area contributed by atoms with Crippen LogP contribution in [-0.4, -0.2) is 24.1 Å². The van der Waals surface area contributed by atoms with E-state index in [1.54, 1.807) is 0 Å². The van der Waals surface area contributed by atoms with Gasteiger partial charge < -0.3 is 4.48 Å². The van der Waals surface area contributed by atoms with Gasteiger partial charge in [-0.15, -0.1) is 0 Å². The van der Waals surface area contributed by atoms with Crippen molar-refractivity contribution in [3.63, 3.8) is 0 Å². The molecule has 0 aromatic heterocycles. The molecule has 1 heteroatoms. The number of fused-ring (bicyclic) bond motifs is 3. The van der Waals surface area contributed by atoms with Gasteiger partial charge in [0.1, 0.15) is 6.04 Å². The molecule has 0 N–H and O–H groups in total. The fourth-order valence-electron chi connectivity index (χ4n) is 3.94. The topological polar surface area (TPSA) is 0 Å². The van der Waals surface area contributed by atoms with Crippen molar-refractivity contribution in [2.45, 2.75) is 26.8 Å². The van der Waals surface area contributed by atoms with E-state index in [0.29, 0.717) is 6.04 Å². The molecule has 20 heavy (non-hydrogen) atoms. The smallest absolute Gasteiger partial charge is 0.142 e. The average Bonchev–Trinajstić information content (AvgIpc) is 2.86. The lowest BCUT2D eigenvalue weighted by atomic mass is 10.00. The first-order valence-corrected chi connectivity index (χ1v) is 7.81. The number of rotatable bonds is 4. The Morgan fingerprint density at radius 3 is 1.50 bits per heavy atom. The normalized spacial score (nSPS) is 14.2. The number of hydrogen-bond acceptors (Lipinski definition) is 0. The molecule has 0 heterocycles. The van der Waals surface area contributed by atoms with E-state index >= 15 is 0 Å². The molecule has 1 aliphatic rings. The maximum Gasteiger partial charge on any atom is 0.142 e. The van der Waals surface area contributed by atoms with Gasteiger partial charge in [0.15, 0.2) is 0 Å². The van der Waals surface area contributed by atoms with Crippen molar-refractivity contribution in [2.75, 3.05) is 19.6 Å². The van der Waals surface area contributed by atoms with Crippen LogP contribution in [0, 0.1) is 0 Å². The molecule has 104 valence electrons. The molecule has 3 rings (SSSR count). The molecule has 0 atom stereocenters. The largest absolute Gasteiger partial charge is 0.314 e. The summed E-state index contributed by atoms with van der Waals surface area (Å²) < 4.78 is 1.15. The third-order valence-electron chi connectivity index (χ3n) is 5.24. The van der Waals surface area contributed by atoms with Gasteiger partial charge in [-0.1, -0.05) is 48.5 Å².